The molecule has 1 atom stereocenters. The van der Waals surface area contributed by atoms with Crippen LogP contribution in [0.4, 0.5) is 0 Å². The molecule has 3 rings (SSSR count). The van der Waals surface area contributed by atoms with E-state index in [0.29, 0.717) is 42.9 Å². The van der Waals surface area contributed by atoms with E-state index in [1.807, 2.05) is 25.1 Å². The van der Waals surface area contributed by atoms with Crippen molar-refractivity contribution in [3.8, 4) is 0 Å². The highest BCUT2D eigenvalue weighted by Crippen LogP contribution is 2.21. The van der Waals surface area contributed by atoms with Crippen LogP contribution in [0, 0.1) is 0 Å². The molecule has 142 valence electrons. The van der Waals surface area contributed by atoms with Gasteiger partial charge in [-0.3, -0.25) is 14.3 Å². The summed E-state index contributed by atoms with van der Waals surface area (Å²) in [6.07, 6.45) is 0. The van der Waals surface area contributed by atoms with Gasteiger partial charge in [-0.2, -0.15) is 17.0 Å². The summed E-state index contributed by atoms with van der Waals surface area (Å²) in [6, 6.07) is 7.24. The molecule has 0 radical (unpaired) electrons. The number of aromatic nitrogens is 2. The van der Waals surface area contributed by atoms with Gasteiger partial charge >= 0.3 is 0 Å². The summed E-state index contributed by atoms with van der Waals surface area (Å²) in [7, 11) is 1.43. The highest BCUT2D eigenvalue weighted by molar-refractivity contribution is 7.86. The van der Waals surface area contributed by atoms with E-state index in [9.17, 15) is 13.2 Å². The zero-order valence-electron chi connectivity index (χ0n) is 15.6. The number of hydrogen-bond acceptors (Lipinski definition) is 5. The molecule has 9 heteroatoms. The van der Waals surface area contributed by atoms with Crippen molar-refractivity contribution in [3.05, 3.63) is 40.4 Å². The molecule has 0 N–H and O–H groups in total. The molecule has 0 saturated carbocycles. The van der Waals surface area contributed by atoms with Crippen molar-refractivity contribution < 1.29 is 8.42 Å². The van der Waals surface area contributed by atoms with Crippen LogP contribution < -0.4 is 5.56 Å². The molecule has 1 fully saturated rings. The summed E-state index contributed by atoms with van der Waals surface area (Å²) in [6.45, 7) is 4.04. The van der Waals surface area contributed by atoms with Crippen molar-refractivity contribution in [2.45, 2.75) is 13.0 Å². The Hall–Kier alpha value is -1.81. The monoisotopic (exact) mass is 379 g/mol. The summed E-state index contributed by atoms with van der Waals surface area (Å²) < 4.78 is 28.8. The summed E-state index contributed by atoms with van der Waals surface area (Å²) in [5.74, 6) is 0.692. The molecule has 26 heavy (non-hydrogen) atoms. The van der Waals surface area contributed by atoms with Crippen LogP contribution in [0.5, 0.6) is 0 Å². The number of piperazine rings is 1. The van der Waals surface area contributed by atoms with Crippen LogP contribution in [-0.2, 0) is 17.3 Å². The van der Waals surface area contributed by atoms with Crippen molar-refractivity contribution in [2.24, 2.45) is 7.05 Å². The normalized spacial score (nSPS) is 18.5. The average Bonchev–Trinajstić information content (AvgIpc) is 2.64. The predicted molar refractivity (Wildman–Crippen MR) is 101 cm³/mol. The molecule has 1 saturated heterocycles. The fraction of sp³-hybridized carbons (Fsp3) is 0.529. The minimum Gasteiger partial charge on any atom is -0.298 e. The van der Waals surface area contributed by atoms with Gasteiger partial charge in [-0.1, -0.05) is 12.1 Å². The Bertz CT molecular complexity index is 962. The maximum atomic E-state index is 12.6. The molecule has 0 bridgehead atoms. The predicted octanol–water partition coefficient (Wildman–Crippen LogP) is 0.419. The van der Waals surface area contributed by atoms with Gasteiger partial charge in [-0.25, -0.2) is 4.98 Å². The van der Waals surface area contributed by atoms with Gasteiger partial charge in [0.2, 0.25) is 0 Å². The fourth-order valence-electron chi connectivity index (χ4n) is 3.32. The van der Waals surface area contributed by atoms with Gasteiger partial charge in [0.25, 0.3) is 15.8 Å². The molecule has 8 nitrogen and oxygen atoms in total. The first kappa shape index (κ1) is 19.0. The van der Waals surface area contributed by atoms with Crippen LogP contribution in [0.1, 0.15) is 18.8 Å². The Labute approximate surface area is 153 Å². The number of hydrogen-bond donors (Lipinski definition) is 0. The molecule has 0 amide bonds. The molecule has 2 heterocycles. The average molecular weight is 379 g/mol. The van der Waals surface area contributed by atoms with Gasteiger partial charge in [0.1, 0.15) is 5.82 Å². The third kappa shape index (κ3) is 3.27. The van der Waals surface area contributed by atoms with E-state index in [1.54, 1.807) is 31.8 Å². The Morgan fingerprint density at radius 3 is 2.35 bits per heavy atom. The van der Waals surface area contributed by atoms with E-state index in [0.717, 1.165) is 0 Å². The second-order valence-corrected chi connectivity index (χ2v) is 8.89. The van der Waals surface area contributed by atoms with Crippen LogP contribution in [-0.4, -0.2) is 71.8 Å². The van der Waals surface area contributed by atoms with Crippen LogP contribution in [0.15, 0.2) is 29.1 Å². The zero-order valence-corrected chi connectivity index (χ0v) is 16.4. The minimum atomic E-state index is -3.39. The van der Waals surface area contributed by atoms with Crippen LogP contribution in [0.3, 0.4) is 0 Å². The van der Waals surface area contributed by atoms with Gasteiger partial charge < -0.3 is 0 Å². The zero-order chi connectivity index (χ0) is 19.1. The highest BCUT2D eigenvalue weighted by atomic mass is 32.2. The lowest BCUT2D eigenvalue weighted by atomic mass is 10.2. The molecular formula is C17H25N5O3S. The molecule has 2 aromatic rings. The van der Waals surface area contributed by atoms with Crippen molar-refractivity contribution >= 4 is 21.1 Å². The lowest BCUT2D eigenvalue weighted by Crippen LogP contribution is -2.52. The number of para-hydroxylation sites is 1. The molecular weight excluding hydrogens is 354 g/mol. The smallest absolute Gasteiger partial charge is 0.281 e. The molecule has 1 aromatic carbocycles. The summed E-state index contributed by atoms with van der Waals surface area (Å²) in [5, 5.41) is 0.604. The molecule has 1 unspecified atom stereocenters. The van der Waals surface area contributed by atoms with Crippen LogP contribution in [0.2, 0.25) is 0 Å². The first-order valence-corrected chi connectivity index (χ1v) is 10.0. The first-order chi connectivity index (χ1) is 12.2. The Balaban J connectivity index is 1.83. The maximum absolute atomic E-state index is 12.6. The third-order valence-electron chi connectivity index (χ3n) is 5.00. The highest BCUT2D eigenvalue weighted by Gasteiger charge is 2.31. The summed E-state index contributed by atoms with van der Waals surface area (Å²) in [5.41, 5.74) is 0.623. The van der Waals surface area contributed by atoms with Gasteiger partial charge in [0.15, 0.2) is 0 Å². The SMILES string of the molecule is CC(c1nc2ccccc2c(=O)n1C)N1CCN(S(=O)(=O)N(C)C)CC1. The molecule has 0 aliphatic carbocycles. The minimum absolute atomic E-state index is 0.0636. The topological polar surface area (TPSA) is 78.8 Å². The van der Waals surface area contributed by atoms with Gasteiger partial charge in [-0.15, -0.1) is 0 Å². The van der Waals surface area contributed by atoms with E-state index in [4.69, 9.17) is 0 Å². The molecule has 1 aliphatic heterocycles. The van der Waals surface area contributed by atoms with Gasteiger partial charge in [-0.05, 0) is 19.1 Å². The lowest BCUT2D eigenvalue weighted by Gasteiger charge is -2.38. The second-order valence-electron chi connectivity index (χ2n) is 6.75. The second kappa shape index (κ2) is 7.07. The van der Waals surface area contributed by atoms with E-state index < -0.39 is 10.2 Å². The number of rotatable bonds is 4. The van der Waals surface area contributed by atoms with Crippen molar-refractivity contribution in [1.29, 1.82) is 0 Å². The Morgan fingerprint density at radius 1 is 1.12 bits per heavy atom. The number of nitrogens with zero attached hydrogens (tertiary/aromatic N) is 5. The number of fused-ring (bicyclic) bond motifs is 1. The van der Waals surface area contributed by atoms with Crippen LogP contribution in [0.25, 0.3) is 10.9 Å². The van der Waals surface area contributed by atoms with Crippen molar-refractivity contribution in [2.75, 3.05) is 40.3 Å². The summed E-state index contributed by atoms with van der Waals surface area (Å²) in [4.78, 5) is 19.5. The summed E-state index contributed by atoms with van der Waals surface area (Å²) >= 11 is 0. The fourth-order valence-corrected chi connectivity index (χ4v) is 4.41. The lowest BCUT2D eigenvalue weighted by molar-refractivity contribution is 0.136. The van der Waals surface area contributed by atoms with E-state index in [1.165, 1.54) is 8.61 Å². The van der Waals surface area contributed by atoms with Crippen LogP contribution >= 0.6 is 0 Å². The Morgan fingerprint density at radius 2 is 1.73 bits per heavy atom. The largest absolute Gasteiger partial charge is 0.298 e. The van der Waals surface area contributed by atoms with E-state index in [-0.39, 0.29) is 11.6 Å². The quantitative estimate of drug-likeness (QED) is 0.769. The maximum Gasteiger partial charge on any atom is 0.281 e. The van der Waals surface area contributed by atoms with Gasteiger partial charge in [0.05, 0.1) is 16.9 Å². The molecule has 1 aliphatic rings. The van der Waals surface area contributed by atoms with Crippen molar-refractivity contribution in [3.63, 3.8) is 0 Å². The first-order valence-electron chi connectivity index (χ1n) is 8.61. The standard InChI is InChI=1S/C17H25N5O3S/c1-13(21-9-11-22(12-10-21)26(24,25)19(2)3)16-18-15-8-6-5-7-14(15)17(23)20(16)4/h5-8,13H,9-12H2,1-4H3. The van der Waals surface area contributed by atoms with Gasteiger partial charge in [0, 0.05) is 47.3 Å². The molecule has 1 aromatic heterocycles. The third-order valence-corrected chi connectivity index (χ3v) is 6.94. The number of benzene rings is 1. The van der Waals surface area contributed by atoms with Crippen molar-refractivity contribution in [1.82, 2.24) is 23.1 Å². The molecule has 0 spiro atoms. The Kier molecular flexibility index (Phi) is 5.16. The van der Waals surface area contributed by atoms with E-state index in [2.05, 4.69) is 9.88 Å². The van der Waals surface area contributed by atoms with E-state index >= 15 is 0 Å².